The summed E-state index contributed by atoms with van der Waals surface area (Å²) < 4.78 is 28.8. The molecule has 1 saturated carbocycles. The Morgan fingerprint density at radius 1 is 1.23 bits per heavy atom. The first-order valence-corrected chi connectivity index (χ1v) is 12.4. The number of carbonyl (C=O) groups is 2. The molecule has 0 bridgehead atoms. The van der Waals surface area contributed by atoms with Gasteiger partial charge in [0.15, 0.2) is 0 Å². The van der Waals surface area contributed by atoms with Crippen molar-refractivity contribution >= 4 is 33.2 Å². The Morgan fingerprint density at radius 3 is 2.47 bits per heavy atom. The maximum absolute atomic E-state index is 13.2. The quantitative estimate of drug-likeness (QED) is 0.694. The summed E-state index contributed by atoms with van der Waals surface area (Å²) in [5, 5.41) is 2.02. The Hall–Kier alpha value is -2.17. The van der Waals surface area contributed by atoms with Gasteiger partial charge in [0, 0.05) is 43.2 Å². The molecular weight excluding hydrogens is 424 g/mol. The minimum absolute atomic E-state index is 0.0564. The fourth-order valence-electron chi connectivity index (χ4n) is 3.99. The van der Waals surface area contributed by atoms with E-state index in [9.17, 15) is 18.0 Å². The molecule has 162 valence electrons. The Labute approximate surface area is 180 Å². The zero-order chi connectivity index (χ0) is 21.5. The summed E-state index contributed by atoms with van der Waals surface area (Å²) in [6, 6.07) is 5.66. The van der Waals surface area contributed by atoms with Gasteiger partial charge >= 0.3 is 0 Å². The van der Waals surface area contributed by atoms with Crippen molar-refractivity contribution in [3.8, 4) is 0 Å². The van der Waals surface area contributed by atoms with Crippen LogP contribution in [0.15, 0.2) is 34.7 Å². The van der Waals surface area contributed by atoms with Crippen molar-refractivity contribution in [1.29, 1.82) is 0 Å². The highest BCUT2D eigenvalue weighted by Gasteiger charge is 2.39. The van der Waals surface area contributed by atoms with Crippen molar-refractivity contribution < 1.29 is 18.0 Å². The lowest BCUT2D eigenvalue weighted by Crippen LogP contribution is -2.44. The Morgan fingerprint density at radius 2 is 1.93 bits per heavy atom. The molecule has 2 N–H and O–H groups in total. The molecular formula is C20H26N4O4S2. The number of amides is 2. The number of thiophene rings is 1. The Bertz CT molecular complexity index is 1030. The van der Waals surface area contributed by atoms with Crippen LogP contribution in [0.4, 0.5) is 0 Å². The van der Waals surface area contributed by atoms with Crippen molar-refractivity contribution in [2.75, 3.05) is 13.1 Å². The number of hydrogen-bond acceptors (Lipinski definition) is 5. The zero-order valence-corrected chi connectivity index (χ0v) is 18.5. The van der Waals surface area contributed by atoms with Crippen LogP contribution in [0.5, 0.6) is 0 Å². The highest BCUT2D eigenvalue weighted by Crippen LogP contribution is 2.33. The van der Waals surface area contributed by atoms with Crippen molar-refractivity contribution in [2.45, 2.75) is 43.2 Å². The summed E-state index contributed by atoms with van der Waals surface area (Å²) in [4.78, 5) is 27.8. The van der Waals surface area contributed by atoms with E-state index in [1.807, 2.05) is 22.4 Å². The van der Waals surface area contributed by atoms with Gasteiger partial charge < -0.3 is 15.2 Å². The normalized spacial score (nSPS) is 18.4. The monoisotopic (exact) mass is 450 g/mol. The summed E-state index contributed by atoms with van der Waals surface area (Å²) in [7, 11) is -2.14. The molecule has 2 aromatic heterocycles. The number of piperidine rings is 1. The molecule has 0 unspecified atom stereocenters. The topological polar surface area (TPSA) is 106 Å². The molecule has 2 fully saturated rings. The Balaban J connectivity index is 1.42. The zero-order valence-electron chi connectivity index (χ0n) is 16.9. The van der Waals surface area contributed by atoms with Gasteiger partial charge in [-0.2, -0.15) is 4.31 Å². The van der Waals surface area contributed by atoms with Crippen LogP contribution >= 0.6 is 11.3 Å². The van der Waals surface area contributed by atoms with E-state index in [4.69, 9.17) is 5.73 Å². The van der Waals surface area contributed by atoms with Crippen LogP contribution in [-0.2, 0) is 28.4 Å². The van der Waals surface area contributed by atoms with Crippen molar-refractivity contribution in [3.05, 3.63) is 40.3 Å². The third-order valence-corrected chi connectivity index (χ3v) is 8.58. The minimum atomic E-state index is -3.73. The van der Waals surface area contributed by atoms with E-state index in [0.717, 1.165) is 12.8 Å². The van der Waals surface area contributed by atoms with E-state index >= 15 is 0 Å². The third kappa shape index (κ3) is 4.17. The van der Waals surface area contributed by atoms with Gasteiger partial charge in [-0.15, -0.1) is 11.3 Å². The fourth-order valence-corrected chi connectivity index (χ4v) is 6.23. The maximum atomic E-state index is 13.2. The van der Waals surface area contributed by atoms with E-state index < -0.39 is 15.9 Å². The van der Waals surface area contributed by atoms with Gasteiger partial charge in [-0.05, 0) is 43.2 Å². The summed E-state index contributed by atoms with van der Waals surface area (Å²) in [6.45, 7) is 1.22. The second-order valence-electron chi connectivity index (χ2n) is 7.99. The molecule has 2 amide bonds. The van der Waals surface area contributed by atoms with E-state index in [1.165, 1.54) is 26.0 Å². The summed E-state index contributed by atoms with van der Waals surface area (Å²) >= 11 is 1.65. The van der Waals surface area contributed by atoms with Crippen molar-refractivity contribution in [2.24, 2.45) is 18.7 Å². The van der Waals surface area contributed by atoms with Gasteiger partial charge in [0.25, 0.3) is 5.91 Å². The van der Waals surface area contributed by atoms with Crippen LogP contribution in [0.3, 0.4) is 0 Å². The van der Waals surface area contributed by atoms with Crippen LogP contribution < -0.4 is 5.73 Å². The van der Waals surface area contributed by atoms with Gasteiger partial charge in [0.1, 0.15) is 10.6 Å². The standard InChI is InChI=1S/C20H26N4O4S2/c1-22-13-17(11-18(22)19(21)25)30(27,28)23-8-6-14(7-9-23)20(26)24(15-4-5-15)12-16-3-2-10-29-16/h2-3,10-11,13-15H,4-9,12H2,1H3,(H2,21,25). The number of rotatable bonds is 7. The van der Waals surface area contributed by atoms with Crippen LogP contribution in [0, 0.1) is 5.92 Å². The molecule has 0 spiro atoms. The second kappa shape index (κ2) is 8.16. The lowest BCUT2D eigenvalue weighted by molar-refractivity contribution is -0.138. The summed E-state index contributed by atoms with van der Waals surface area (Å²) in [5.74, 6) is -0.693. The van der Waals surface area contributed by atoms with Gasteiger partial charge in [-0.25, -0.2) is 8.42 Å². The number of carbonyl (C=O) groups excluding carboxylic acids is 2. The number of aromatic nitrogens is 1. The highest BCUT2D eigenvalue weighted by atomic mass is 32.2. The van der Waals surface area contributed by atoms with Gasteiger partial charge in [-0.1, -0.05) is 6.07 Å². The maximum Gasteiger partial charge on any atom is 0.265 e. The molecule has 0 atom stereocenters. The molecule has 1 saturated heterocycles. The predicted molar refractivity (Wildman–Crippen MR) is 113 cm³/mol. The van der Waals surface area contributed by atoms with Gasteiger partial charge in [0.05, 0.1) is 6.54 Å². The van der Waals surface area contributed by atoms with Crippen molar-refractivity contribution in [3.63, 3.8) is 0 Å². The highest BCUT2D eigenvalue weighted by molar-refractivity contribution is 7.89. The molecule has 2 aromatic rings. The lowest BCUT2D eigenvalue weighted by atomic mass is 9.96. The van der Waals surface area contributed by atoms with Crippen molar-refractivity contribution in [1.82, 2.24) is 13.8 Å². The third-order valence-electron chi connectivity index (χ3n) is 5.85. The first kappa shape index (κ1) is 21.1. The van der Waals surface area contributed by atoms with E-state index in [2.05, 4.69) is 0 Å². The SMILES string of the molecule is Cn1cc(S(=O)(=O)N2CCC(C(=O)N(Cc3cccs3)C3CC3)CC2)cc1C(N)=O. The number of aryl methyl sites for hydroxylation is 1. The van der Waals surface area contributed by atoms with Crippen LogP contribution in [0.2, 0.25) is 0 Å². The van der Waals surface area contributed by atoms with Crippen LogP contribution in [0.25, 0.3) is 0 Å². The molecule has 0 radical (unpaired) electrons. The second-order valence-corrected chi connectivity index (χ2v) is 11.0. The fraction of sp³-hybridized carbons (Fsp3) is 0.500. The molecule has 3 heterocycles. The predicted octanol–water partition coefficient (Wildman–Crippen LogP) is 1.78. The van der Waals surface area contributed by atoms with Gasteiger partial charge in [-0.3, -0.25) is 9.59 Å². The molecule has 0 aromatic carbocycles. The molecule has 10 heteroatoms. The number of nitrogens with zero attached hydrogens (tertiary/aromatic N) is 3. The van der Waals surface area contributed by atoms with E-state index in [0.29, 0.717) is 25.4 Å². The summed E-state index contributed by atoms with van der Waals surface area (Å²) in [6.07, 6.45) is 4.49. The molecule has 30 heavy (non-hydrogen) atoms. The minimum Gasteiger partial charge on any atom is -0.364 e. The number of sulfonamides is 1. The molecule has 2 aliphatic rings. The average Bonchev–Trinajstić information content (AvgIpc) is 3.27. The van der Waals surface area contributed by atoms with E-state index in [-0.39, 0.29) is 35.5 Å². The first-order chi connectivity index (χ1) is 14.3. The van der Waals surface area contributed by atoms with Crippen LogP contribution in [-0.4, -0.2) is 53.1 Å². The number of nitrogens with two attached hydrogens (primary N) is 1. The Kier molecular flexibility index (Phi) is 5.73. The van der Waals surface area contributed by atoms with Gasteiger partial charge in [0.2, 0.25) is 15.9 Å². The van der Waals surface area contributed by atoms with E-state index in [1.54, 1.807) is 18.4 Å². The molecule has 1 aliphatic heterocycles. The summed E-state index contributed by atoms with van der Waals surface area (Å²) in [5.41, 5.74) is 5.44. The number of hydrogen-bond donors (Lipinski definition) is 1. The van der Waals surface area contributed by atoms with Crippen LogP contribution in [0.1, 0.15) is 41.0 Å². The molecule has 8 nitrogen and oxygen atoms in total. The molecule has 4 rings (SSSR count). The first-order valence-electron chi connectivity index (χ1n) is 10.1. The molecule has 1 aliphatic carbocycles. The largest absolute Gasteiger partial charge is 0.364 e. The average molecular weight is 451 g/mol. The lowest BCUT2D eigenvalue weighted by Gasteiger charge is -2.33. The number of primary amides is 1. The smallest absolute Gasteiger partial charge is 0.265 e.